The van der Waals surface area contributed by atoms with Crippen LogP contribution in [0.5, 0.6) is 11.5 Å². The SMILES string of the molecule is C=C/C=C\C(=Nc1ccccc1-c1cc(C(C)(C)C)cc(C2(C)CC3CC(C)CC(C3)C2)c1O)c1ccccc1-c1cc(C(C)(C)C)cc(C2(C)CC3CC(C)CC(C3)C2)c1O.CC.[CH2-]C(C)(C)CCCCCCCC.[CH3-].[Zr+2]. The van der Waals surface area contributed by atoms with E-state index in [1.54, 1.807) is 6.08 Å². The maximum Gasteiger partial charge on any atom is 2.00 e. The summed E-state index contributed by atoms with van der Waals surface area (Å²) in [6.07, 6.45) is 27.7. The summed E-state index contributed by atoms with van der Waals surface area (Å²) >= 11 is 0. The molecule has 4 heteroatoms. The molecule has 4 saturated carbocycles. The number of unbranched alkanes of at least 4 members (excludes halogenated alkanes) is 5. The normalized spacial score (nSPS) is 25.1. The molecular weight excluding hydrogens is 1030 g/mol. The third kappa shape index (κ3) is 17.0. The Labute approximate surface area is 498 Å². The van der Waals surface area contributed by atoms with Crippen LogP contribution in [0.2, 0.25) is 0 Å². The smallest absolute Gasteiger partial charge is 0.507 e. The molecule has 8 rings (SSSR count). The fourth-order valence-corrected chi connectivity index (χ4v) is 14.7. The molecule has 4 aromatic rings. The van der Waals surface area contributed by atoms with Crippen LogP contribution in [-0.2, 0) is 47.9 Å². The largest absolute Gasteiger partial charge is 2.00 e. The number of phenolic OH excluding ortho intramolecular Hbond substituents is 2. The van der Waals surface area contributed by atoms with E-state index < -0.39 is 0 Å². The van der Waals surface area contributed by atoms with Gasteiger partial charge in [0.25, 0.3) is 0 Å². The molecule has 0 radical (unpaired) electrons. The van der Waals surface area contributed by atoms with Crippen LogP contribution in [0.15, 0.2) is 103 Å². The van der Waals surface area contributed by atoms with E-state index in [1.807, 2.05) is 32.1 Å². The molecule has 4 unspecified atom stereocenters. The number of hydrogen-bond acceptors (Lipinski definition) is 3. The monoisotopic (exact) mass is 1130 g/mol. The van der Waals surface area contributed by atoms with Crippen molar-refractivity contribution in [1.29, 1.82) is 0 Å². The quantitative estimate of drug-likeness (QED) is 0.0539. The second-order valence-electron chi connectivity index (χ2n) is 28.2. The molecule has 0 spiro atoms. The topological polar surface area (TPSA) is 52.8 Å². The van der Waals surface area contributed by atoms with Crippen LogP contribution in [-0.4, -0.2) is 15.9 Å². The Balaban J connectivity index is 0.000000728. The number of rotatable bonds is 15. The summed E-state index contributed by atoms with van der Waals surface area (Å²) in [6, 6.07) is 25.9. The molecule has 4 aromatic carbocycles. The van der Waals surface area contributed by atoms with E-state index in [0.717, 1.165) is 87.9 Å². The molecule has 4 aliphatic rings. The minimum atomic E-state index is -0.117. The summed E-state index contributed by atoms with van der Waals surface area (Å²) in [7, 11) is 0. The van der Waals surface area contributed by atoms with Crippen LogP contribution in [0.4, 0.5) is 5.69 Å². The molecule has 3 nitrogen and oxygen atoms in total. The summed E-state index contributed by atoms with van der Waals surface area (Å²) in [5.41, 5.74) is 10.6. The van der Waals surface area contributed by atoms with Gasteiger partial charge in [-0.1, -0.05) is 222 Å². The van der Waals surface area contributed by atoms with Crippen LogP contribution in [0, 0.1) is 55.3 Å². The molecule has 0 heterocycles. The minimum absolute atomic E-state index is 0. The number of aromatic hydroxyl groups is 2. The summed E-state index contributed by atoms with van der Waals surface area (Å²) in [6.45, 7) is 42.2. The Morgan fingerprint density at radius 3 is 1.46 bits per heavy atom. The molecule has 4 atom stereocenters. The minimum Gasteiger partial charge on any atom is -0.507 e. The van der Waals surface area contributed by atoms with Gasteiger partial charge in [-0.3, -0.25) is 0 Å². The number of para-hydroxylation sites is 1. The van der Waals surface area contributed by atoms with Crippen LogP contribution in [0.3, 0.4) is 0 Å². The van der Waals surface area contributed by atoms with Crippen molar-refractivity contribution in [1.82, 2.24) is 0 Å². The predicted octanol–water partition coefficient (Wildman–Crippen LogP) is 22.2. The van der Waals surface area contributed by atoms with Crippen molar-refractivity contribution >= 4 is 11.4 Å². The van der Waals surface area contributed by atoms with Crippen molar-refractivity contribution in [2.45, 2.75) is 235 Å². The second kappa shape index (κ2) is 28.5. The summed E-state index contributed by atoms with van der Waals surface area (Å²) in [5.74, 6) is 5.17. The van der Waals surface area contributed by atoms with E-state index >= 15 is 0 Å². The van der Waals surface area contributed by atoms with Crippen molar-refractivity contribution in [2.75, 3.05) is 0 Å². The fourth-order valence-electron chi connectivity index (χ4n) is 14.7. The number of phenols is 2. The molecule has 4 fully saturated rings. The third-order valence-corrected chi connectivity index (χ3v) is 18.0. The molecule has 0 aromatic heterocycles. The first-order chi connectivity index (χ1) is 35.8. The second-order valence-corrected chi connectivity index (χ2v) is 28.2. The predicted molar refractivity (Wildman–Crippen MR) is 338 cm³/mol. The van der Waals surface area contributed by atoms with Crippen LogP contribution in [0.25, 0.3) is 22.3 Å². The van der Waals surface area contributed by atoms with Gasteiger partial charge < -0.3 is 24.6 Å². The first-order valence-corrected chi connectivity index (χ1v) is 30.5. The van der Waals surface area contributed by atoms with Gasteiger partial charge in [-0.05, 0) is 162 Å². The number of aliphatic imine (C=N–C) groups is 1. The molecular formula is C74H109NO2Zr. The van der Waals surface area contributed by atoms with Gasteiger partial charge in [0.15, 0.2) is 0 Å². The first kappa shape index (κ1) is 67.0. The molecule has 0 aliphatic heterocycles. The van der Waals surface area contributed by atoms with E-state index in [0.29, 0.717) is 40.6 Å². The maximum atomic E-state index is 12.7. The maximum absolute atomic E-state index is 12.7. The van der Waals surface area contributed by atoms with Gasteiger partial charge in [0.1, 0.15) is 11.5 Å². The van der Waals surface area contributed by atoms with E-state index in [-0.39, 0.29) is 55.3 Å². The molecule has 78 heavy (non-hydrogen) atoms. The van der Waals surface area contributed by atoms with Crippen molar-refractivity contribution in [2.24, 2.45) is 45.9 Å². The zero-order valence-electron chi connectivity index (χ0n) is 52.4. The van der Waals surface area contributed by atoms with Crippen LogP contribution in [0.1, 0.15) is 241 Å². The zero-order chi connectivity index (χ0) is 55.8. The Kier molecular flexibility index (Phi) is 24.5. The number of allylic oxidation sites excluding steroid dienone is 3. The molecule has 0 amide bonds. The Bertz CT molecular complexity index is 2570. The summed E-state index contributed by atoms with van der Waals surface area (Å²) in [4.78, 5) is 5.54. The van der Waals surface area contributed by atoms with E-state index in [2.05, 4.69) is 170 Å². The zero-order valence-corrected chi connectivity index (χ0v) is 54.9. The van der Waals surface area contributed by atoms with Gasteiger partial charge in [-0.2, -0.15) is 5.41 Å². The average Bonchev–Trinajstić information content (AvgIpc) is 3.40. The van der Waals surface area contributed by atoms with Gasteiger partial charge >= 0.3 is 26.2 Å². The van der Waals surface area contributed by atoms with Crippen molar-refractivity contribution in [3.8, 4) is 33.8 Å². The van der Waals surface area contributed by atoms with E-state index in [1.165, 1.54) is 94.6 Å². The van der Waals surface area contributed by atoms with Crippen molar-refractivity contribution < 1.29 is 36.4 Å². The first-order valence-electron chi connectivity index (χ1n) is 30.5. The van der Waals surface area contributed by atoms with Gasteiger partial charge in [0.05, 0.1) is 11.4 Å². The van der Waals surface area contributed by atoms with Gasteiger partial charge in [0.2, 0.25) is 0 Å². The van der Waals surface area contributed by atoms with Gasteiger partial charge in [0, 0.05) is 33.4 Å². The Morgan fingerprint density at radius 2 is 1.03 bits per heavy atom. The number of hydrogen-bond donors (Lipinski definition) is 2. The van der Waals surface area contributed by atoms with Crippen LogP contribution >= 0.6 is 0 Å². The molecule has 0 saturated heterocycles. The number of nitrogens with zero attached hydrogens (tertiary/aromatic N) is 1. The Morgan fingerprint density at radius 1 is 0.615 bits per heavy atom. The van der Waals surface area contributed by atoms with Gasteiger partial charge in [-0.15, -0.1) is 0 Å². The van der Waals surface area contributed by atoms with Crippen molar-refractivity contribution in [3.05, 3.63) is 140 Å². The van der Waals surface area contributed by atoms with Crippen molar-refractivity contribution in [3.63, 3.8) is 0 Å². The Hall–Kier alpha value is -3.49. The molecule has 426 valence electrons. The van der Waals surface area contributed by atoms with Gasteiger partial charge in [-0.25, -0.2) is 4.99 Å². The molecule has 2 N–H and O–H groups in total. The molecule has 4 aliphatic carbocycles. The fraction of sp³-hybridized carbons (Fsp3) is 0.581. The number of benzene rings is 4. The summed E-state index contributed by atoms with van der Waals surface area (Å²) in [5, 5.41) is 25.3. The number of fused-ring (bicyclic) bond motifs is 4. The third-order valence-electron chi connectivity index (χ3n) is 18.0. The van der Waals surface area contributed by atoms with E-state index in [4.69, 9.17) is 4.99 Å². The van der Waals surface area contributed by atoms with E-state index in [9.17, 15) is 10.2 Å². The molecule has 4 bridgehead atoms. The standard InChI is InChI=1S/C59H75NO2.C12H25.C2H6.CH3.Zr/c1-12-13-21-52(46-19-15-14-18-45(46)48-29-43(56(4,5)6)31-50(54(48)61)58(10)33-39-23-37(2)24-40(27-39)34-58)60-53-22-17-16-20-47(53)49-30-44(57(7,8)9)32-51(55(49)62)59(11)35-41-25-38(3)26-42(28-41)36-59;1-5-6-7-8-9-10-11-12(2,3)4;1-2;;/h12-22,29-32,37-42,61-62H,1,23-28,33-36H2,2-11H3;2,5-11H2,1,3-4H3;1-2H3;1H3;/q;-1;;-1;+2/b21-13-,60-52?;;;;. The average molecular weight is 1140 g/mol. The summed E-state index contributed by atoms with van der Waals surface area (Å²) < 4.78 is 0. The van der Waals surface area contributed by atoms with Crippen LogP contribution < -0.4 is 0 Å².